The summed E-state index contributed by atoms with van der Waals surface area (Å²) in [6, 6.07) is 2.72. The minimum absolute atomic E-state index is 0.171. The molecule has 1 heterocycles. The molecule has 3 rings (SSSR count). The predicted octanol–water partition coefficient (Wildman–Crippen LogP) is 3.19. The van der Waals surface area contributed by atoms with Crippen LogP contribution >= 0.6 is 0 Å². The zero-order chi connectivity index (χ0) is 14.4. The van der Waals surface area contributed by atoms with Crippen molar-refractivity contribution < 1.29 is 13.5 Å². The third kappa shape index (κ3) is 1.80. The SMILES string of the molecule is CCc1cc(=O)c2cc(F)c(F)c(OC)c2n1C1CC1. The molecule has 0 radical (unpaired) electrons. The number of aryl methyl sites for hydroxylation is 1. The first-order valence-electron chi connectivity index (χ1n) is 6.68. The zero-order valence-corrected chi connectivity index (χ0v) is 11.4. The molecule has 1 saturated carbocycles. The standard InChI is InChI=1S/C15H15F2NO2/c1-3-8-6-12(19)10-7-11(16)13(17)15(20-2)14(10)18(8)9-4-5-9/h6-7,9H,3-5H2,1-2H3. The van der Waals surface area contributed by atoms with Gasteiger partial charge in [-0.3, -0.25) is 4.79 Å². The second-order valence-corrected chi connectivity index (χ2v) is 5.06. The normalized spacial score (nSPS) is 14.8. The Labute approximate surface area is 114 Å². The molecule has 0 aliphatic heterocycles. The molecule has 0 spiro atoms. The van der Waals surface area contributed by atoms with Crippen LogP contribution < -0.4 is 10.2 Å². The first-order chi connectivity index (χ1) is 9.58. The molecule has 5 heteroatoms. The number of rotatable bonds is 3. The Bertz CT molecular complexity index is 748. The lowest BCUT2D eigenvalue weighted by Crippen LogP contribution is -2.15. The Hall–Kier alpha value is -1.91. The van der Waals surface area contributed by atoms with Crippen molar-refractivity contribution >= 4 is 10.9 Å². The molecular weight excluding hydrogens is 264 g/mol. The van der Waals surface area contributed by atoms with Crippen LogP contribution in [-0.2, 0) is 6.42 Å². The highest BCUT2D eigenvalue weighted by Crippen LogP contribution is 2.41. The maximum Gasteiger partial charge on any atom is 0.202 e. The van der Waals surface area contributed by atoms with Gasteiger partial charge in [-0.1, -0.05) is 6.92 Å². The highest BCUT2D eigenvalue weighted by molar-refractivity contribution is 5.86. The van der Waals surface area contributed by atoms with Crippen molar-refractivity contribution in [3.05, 3.63) is 39.7 Å². The van der Waals surface area contributed by atoms with E-state index in [1.54, 1.807) is 0 Å². The number of hydrogen-bond donors (Lipinski definition) is 0. The minimum atomic E-state index is -1.06. The largest absolute Gasteiger partial charge is 0.491 e. The van der Waals surface area contributed by atoms with E-state index in [2.05, 4.69) is 0 Å². The smallest absolute Gasteiger partial charge is 0.202 e. The lowest BCUT2D eigenvalue weighted by atomic mass is 10.1. The number of hydrogen-bond acceptors (Lipinski definition) is 2. The number of pyridine rings is 1. The van der Waals surface area contributed by atoms with Crippen LogP contribution in [-0.4, -0.2) is 11.7 Å². The van der Waals surface area contributed by atoms with Crippen molar-refractivity contribution in [2.45, 2.75) is 32.2 Å². The first kappa shape index (κ1) is 13.1. The molecule has 20 heavy (non-hydrogen) atoms. The van der Waals surface area contributed by atoms with E-state index in [1.807, 2.05) is 11.5 Å². The van der Waals surface area contributed by atoms with E-state index in [4.69, 9.17) is 4.74 Å². The summed E-state index contributed by atoms with van der Waals surface area (Å²) in [7, 11) is 1.29. The van der Waals surface area contributed by atoms with Crippen LogP contribution in [0.25, 0.3) is 10.9 Å². The molecule has 1 aliphatic rings. The van der Waals surface area contributed by atoms with E-state index in [9.17, 15) is 13.6 Å². The van der Waals surface area contributed by atoms with Crippen molar-refractivity contribution in [1.29, 1.82) is 0 Å². The van der Waals surface area contributed by atoms with E-state index < -0.39 is 11.6 Å². The number of fused-ring (bicyclic) bond motifs is 1. The van der Waals surface area contributed by atoms with Gasteiger partial charge >= 0.3 is 0 Å². The second kappa shape index (κ2) is 4.58. The van der Waals surface area contributed by atoms with Crippen molar-refractivity contribution in [3.63, 3.8) is 0 Å². The summed E-state index contributed by atoms with van der Waals surface area (Å²) in [5, 5.41) is 0.171. The number of methoxy groups -OCH3 is 1. The summed E-state index contributed by atoms with van der Waals surface area (Å²) in [4.78, 5) is 12.1. The third-order valence-electron chi connectivity index (χ3n) is 3.74. The molecular formula is C15H15F2NO2. The fraction of sp³-hybridized carbons (Fsp3) is 0.400. The molecule has 1 aromatic carbocycles. The number of benzene rings is 1. The Morgan fingerprint density at radius 1 is 1.35 bits per heavy atom. The molecule has 0 unspecified atom stereocenters. The summed E-state index contributed by atoms with van der Waals surface area (Å²) in [6.45, 7) is 1.94. The van der Waals surface area contributed by atoms with Crippen molar-refractivity contribution in [2.75, 3.05) is 7.11 Å². The van der Waals surface area contributed by atoms with Gasteiger partial charge in [0.15, 0.2) is 17.0 Å². The van der Waals surface area contributed by atoms with Crippen LogP contribution in [0.5, 0.6) is 5.75 Å². The molecule has 0 amide bonds. The topological polar surface area (TPSA) is 31.2 Å². The van der Waals surface area contributed by atoms with Crippen LogP contribution in [0.4, 0.5) is 8.78 Å². The Morgan fingerprint density at radius 3 is 2.60 bits per heavy atom. The van der Waals surface area contributed by atoms with Gasteiger partial charge in [0.2, 0.25) is 5.82 Å². The zero-order valence-electron chi connectivity index (χ0n) is 11.4. The van der Waals surface area contributed by atoms with Gasteiger partial charge in [-0.2, -0.15) is 4.39 Å². The van der Waals surface area contributed by atoms with E-state index in [0.717, 1.165) is 24.6 Å². The van der Waals surface area contributed by atoms with Crippen molar-refractivity contribution in [1.82, 2.24) is 4.57 Å². The highest BCUT2D eigenvalue weighted by atomic mass is 19.2. The van der Waals surface area contributed by atoms with Gasteiger partial charge in [-0.25, -0.2) is 4.39 Å². The predicted molar refractivity (Wildman–Crippen MR) is 72.3 cm³/mol. The van der Waals surface area contributed by atoms with Crippen molar-refractivity contribution in [3.8, 4) is 5.75 Å². The average molecular weight is 279 g/mol. The Kier molecular flexibility index (Phi) is 3.00. The third-order valence-corrected chi connectivity index (χ3v) is 3.74. The van der Waals surface area contributed by atoms with Gasteiger partial charge in [-0.05, 0) is 25.3 Å². The quantitative estimate of drug-likeness (QED) is 0.864. The number of aromatic nitrogens is 1. The maximum absolute atomic E-state index is 13.9. The van der Waals surface area contributed by atoms with Gasteiger partial charge in [0.1, 0.15) is 0 Å². The van der Waals surface area contributed by atoms with Gasteiger partial charge in [0, 0.05) is 17.8 Å². The van der Waals surface area contributed by atoms with Gasteiger partial charge in [-0.15, -0.1) is 0 Å². The lowest BCUT2D eigenvalue weighted by Gasteiger charge is -2.18. The molecule has 0 N–H and O–H groups in total. The first-order valence-corrected chi connectivity index (χ1v) is 6.68. The van der Waals surface area contributed by atoms with E-state index in [-0.39, 0.29) is 22.6 Å². The van der Waals surface area contributed by atoms with Crippen molar-refractivity contribution in [2.24, 2.45) is 0 Å². The van der Waals surface area contributed by atoms with Gasteiger partial charge < -0.3 is 9.30 Å². The second-order valence-electron chi connectivity index (χ2n) is 5.06. The fourth-order valence-electron chi connectivity index (χ4n) is 2.67. The van der Waals surface area contributed by atoms with Crippen LogP contribution in [0.3, 0.4) is 0 Å². The summed E-state index contributed by atoms with van der Waals surface area (Å²) in [6.07, 6.45) is 2.62. The van der Waals surface area contributed by atoms with E-state index in [0.29, 0.717) is 11.9 Å². The van der Waals surface area contributed by atoms with Crippen LogP contribution in [0.2, 0.25) is 0 Å². The molecule has 0 saturated heterocycles. The fourth-order valence-corrected chi connectivity index (χ4v) is 2.67. The molecule has 1 aliphatic carbocycles. The van der Waals surface area contributed by atoms with Gasteiger partial charge in [0.05, 0.1) is 18.0 Å². The van der Waals surface area contributed by atoms with Crippen LogP contribution in [0, 0.1) is 11.6 Å². The minimum Gasteiger partial charge on any atom is -0.491 e. The van der Waals surface area contributed by atoms with Crippen LogP contribution in [0.15, 0.2) is 16.9 Å². The maximum atomic E-state index is 13.9. The summed E-state index contributed by atoms with van der Waals surface area (Å²) in [5.74, 6) is -2.28. The van der Waals surface area contributed by atoms with Crippen LogP contribution in [0.1, 0.15) is 31.5 Å². The Balaban J connectivity index is 2.52. The Morgan fingerprint density at radius 2 is 2.05 bits per heavy atom. The highest BCUT2D eigenvalue weighted by Gasteiger charge is 2.29. The van der Waals surface area contributed by atoms with Gasteiger partial charge in [0.25, 0.3) is 0 Å². The molecule has 0 bridgehead atoms. The van der Waals surface area contributed by atoms with E-state index >= 15 is 0 Å². The van der Waals surface area contributed by atoms with E-state index in [1.165, 1.54) is 13.2 Å². The molecule has 3 nitrogen and oxygen atoms in total. The summed E-state index contributed by atoms with van der Waals surface area (Å²) < 4.78 is 34.5. The monoisotopic (exact) mass is 279 g/mol. The molecule has 1 aromatic heterocycles. The summed E-state index contributed by atoms with van der Waals surface area (Å²) in [5.41, 5.74) is 0.901. The molecule has 1 fully saturated rings. The number of ether oxygens (including phenoxy) is 1. The lowest BCUT2D eigenvalue weighted by molar-refractivity contribution is 0.374. The number of nitrogens with zero attached hydrogens (tertiary/aromatic N) is 1. The number of halogens is 2. The summed E-state index contributed by atoms with van der Waals surface area (Å²) >= 11 is 0. The molecule has 106 valence electrons. The average Bonchev–Trinajstić information content (AvgIpc) is 3.25. The molecule has 2 aromatic rings. The molecule has 0 atom stereocenters.